The maximum absolute atomic E-state index is 12.6. The molecule has 0 saturated heterocycles. The molecule has 3 aromatic heterocycles. The summed E-state index contributed by atoms with van der Waals surface area (Å²) in [6.45, 7) is -0.314. The molecule has 0 aliphatic carbocycles. The zero-order valence-electron chi connectivity index (χ0n) is 12.0. The monoisotopic (exact) mass is 313 g/mol. The highest BCUT2D eigenvalue weighted by Gasteiger charge is 2.11. The van der Waals surface area contributed by atoms with Crippen LogP contribution in [0, 0.1) is 0 Å². The van der Waals surface area contributed by atoms with E-state index in [4.69, 9.17) is 5.73 Å². The summed E-state index contributed by atoms with van der Waals surface area (Å²) in [6, 6.07) is 9.18. The molecule has 2 N–H and O–H groups in total. The topological polar surface area (TPSA) is 61.1 Å². The number of rotatable bonds is 3. The average Bonchev–Trinajstić information content (AvgIpc) is 3.14. The lowest BCUT2D eigenvalue weighted by molar-refractivity contribution is 0.128. The molecule has 3 heterocycles. The van der Waals surface area contributed by atoms with Crippen LogP contribution in [0.25, 0.3) is 27.7 Å². The van der Waals surface area contributed by atoms with Crippen molar-refractivity contribution in [1.29, 1.82) is 0 Å². The number of hydrogen-bond donors (Lipinski definition) is 1. The van der Waals surface area contributed by atoms with Crippen LogP contribution in [0.2, 0.25) is 0 Å². The van der Waals surface area contributed by atoms with Crippen LogP contribution in [-0.4, -0.2) is 25.6 Å². The van der Waals surface area contributed by atoms with Crippen LogP contribution in [-0.2, 0) is 6.54 Å². The largest absolute Gasteiger partial charge is 0.383 e. The van der Waals surface area contributed by atoms with Crippen molar-refractivity contribution in [2.75, 3.05) is 5.73 Å². The van der Waals surface area contributed by atoms with Crippen molar-refractivity contribution in [3.8, 4) is 11.1 Å². The lowest BCUT2D eigenvalue weighted by Crippen LogP contribution is -2.04. The minimum absolute atomic E-state index is 0.314. The molecular formula is C16H13F2N5. The predicted molar refractivity (Wildman–Crippen MR) is 84.3 cm³/mol. The van der Waals surface area contributed by atoms with E-state index in [1.807, 2.05) is 24.3 Å². The first-order valence-electron chi connectivity index (χ1n) is 7.09. The molecule has 7 heteroatoms. The fraction of sp³-hybridized carbons (Fsp3) is 0.125. The Labute approximate surface area is 130 Å². The van der Waals surface area contributed by atoms with Crippen molar-refractivity contribution in [3.63, 3.8) is 0 Å². The van der Waals surface area contributed by atoms with E-state index in [1.54, 1.807) is 33.7 Å². The summed E-state index contributed by atoms with van der Waals surface area (Å²) >= 11 is 0. The SMILES string of the molecule is Nc1c(-c2ccc3c(ccn3CC(F)F)c2)cnc2ccnn12. The highest BCUT2D eigenvalue weighted by molar-refractivity contribution is 5.87. The number of alkyl halides is 2. The number of nitrogens with zero attached hydrogens (tertiary/aromatic N) is 4. The van der Waals surface area contributed by atoms with Crippen LogP contribution in [0.3, 0.4) is 0 Å². The quantitative estimate of drug-likeness (QED) is 0.632. The van der Waals surface area contributed by atoms with Crippen molar-refractivity contribution in [3.05, 3.63) is 48.9 Å². The van der Waals surface area contributed by atoms with Gasteiger partial charge in [-0.2, -0.15) is 9.61 Å². The Morgan fingerprint density at radius 3 is 2.87 bits per heavy atom. The van der Waals surface area contributed by atoms with E-state index in [-0.39, 0.29) is 6.54 Å². The Bertz CT molecular complexity index is 1000. The fourth-order valence-corrected chi connectivity index (χ4v) is 2.79. The van der Waals surface area contributed by atoms with Gasteiger partial charge in [0.15, 0.2) is 5.65 Å². The number of fused-ring (bicyclic) bond motifs is 2. The second-order valence-corrected chi connectivity index (χ2v) is 5.29. The molecule has 0 unspecified atom stereocenters. The summed E-state index contributed by atoms with van der Waals surface area (Å²) in [6.07, 6.45) is 2.62. The van der Waals surface area contributed by atoms with Crippen LogP contribution < -0.4 is 5.73 Å². The van der Waals surface area contributed by atoms with Crippen LogP contribution >= 0.6 is 0 Å². The molecule has 0 aliphatic rings. The van der Waals surface area contributed by atoms with Gasteiger partial charge >= 0.3 is 0 Å². The van der Waals surface area contributed by atoms with E-state index in [0.29, 0.717) is 11.5 Å². The highest BCUT2D eigenvalue weighted by atomic mass is 19.3. The molecule has 0 saturated carbocycles. The second-order valence-electron chi connectivity index (χ2n) is 5.29. The van der Waals surface area contributed by atoms with Gasteiger partial charge in [0, 0.05) is 34.9 Å². The van der Waals surface area contributed by atoms with E-state index in [9.17, 15) is 8.78 Å². The molecule has 0 aliphatic heterocycles. The summed E-state index contributed by atoms with van der Waals surface area (Å²) in [5.74, 6) is 0.492. The van der Waals surface area contributed by atoms with Crippen molar-refractivity contribution in [1.82, 2.24) is 19.2 Å². The Morgan fingerprint density at radius 2 is 2.04 bits per heavy atom. The lowest BCUT2D eigenvalue weighted by atomic mass is 10.1. The molecule has 0 amide bonds. The lowest BCUT2D eigenvalue weighted by Gasteiger charge is -2.08. The third-order valence-electron chi connectivity index (χ3n) is 3.87. The molecule has 4 rings (SSSR count). The average molecular weight is 313 g/mol. The van der Waals surface area contributed by atoms with Gasteiger partial charge in [0.2, 0.25) is 0 Å². The van der Waals surface area contributed by atoms with Gasteiger partial charge in [0.05, 0.1) is 12.7 Å². The molecule has 0 atom stereocenters. The summed E-state index contributed by atoms with van der Waals surface area (Å²) < 4.78 is 28.3. The third kappa shape index (κ3) is 2.21. The van der Waals surface area contributed by atoms with E-state index in [1.165, 1.54) is 0 Å². The molecule has 0 fully saturated rings. The third-order valence-corrected chi connectivity index (χ3v) is 3.87. The molecule has 23 heavy (non-hydrogen) atoms. The molecular weight excluding hydrogens is 300 g/mol. The first kappa shape index (κ1) is 13.7. The Hall–Kier alpha value is -2.96. The number of halogens is 2. The molecule has 116 valence electrons. The summed E-state index contributed by atoms with van der Waals surface area (Å²) in [4.78, 5) is 4.32. The minimum atomic E-state index is -2.38. The second kappa shape index (κ2) is 5.05. The van der Waals surface area contributed by atoms with Crippen LogP contribution in [0.15, 0.2) is 48.9 Å². The Balaban J connectivity index is 1.83. The number of nitrogens with two attached hydrogens (primary N) is 1. The molecule has 1 aromatic carbocycles. The first-order valence-corrected chi connectivity index (χ1v) is 7.09. The molecule has 0 radical (unpaired) electrons. The van der Waals surface area contributed by atoms with Crippen molar-refractivity contribution < 1.29 is 8.78 Å². The van der Waals surface area contributed by atoms with Gasteiger partial charge in [-0.1, -0.05) is 6.07 Å². The number of anilines is 1. The minimum Gasteiger partial charge on any atom is -0.383 e. The number of benzene rings is 1. The van der Waals surface area contributed by atoms with E-state index in [2.05, 4.69) is 10.1 Å². The summed E-state index contributed by atoms with van der Waals surface area (Å²) in [5, 5.41) is 5.02. The van der Waals surface area contributed by atoms with Gasteiger partial charge in [0.25, 0.3) is 6.43 Å². The summed E-state index contributed by atoms with van der Waals surface area (Å²) in [5.41, 5.74) is 9.23. The van der Waals surface area contributed by atoms with Gasteiger partial charge in [0.1, 0.15) is 5.82 Å². The molecule has 5 nitrogen and oxygen atoms in total. The Kier molecular flexibility index (Phi) is 3.00. The van der Waals surface area contributed by atoms with Crippen molar-refractivity contribution >= 4 is 22.4 Å². The fourth-order valence-electron chi connectivity index (χ4n) is 2.79. The maximum Gasteiger partial charge on any atom is 0.256 e. The van der Waals surface area contributed by atoms with E-state index < -0.39 is 6.43 Å². The van der Waals surface area contributed by atoms with Crippen molar-refractivity contribution in [2.24, 2.45) is 0 Å². The molecule has 0 bridgehead atoms. The van der Waals surface area contributed by atoms with Gasteiger partial charge < -0.3 is 10.3 Å². The zero-order chi connectivity index (χ0) is 16.0. The normalized spacial score (nSPS) is 11.8. The number of aromatic nitrogens is 4. The number of hydrogen-bond acceptors (Lipinski definition) is 3. The van der Waals surface area contributed by atoms with Crippen LogP contribution in [0.5, 0.6) is 0 Å². The smallest absolute Gasteiger partial charge is 0.256 e. The van der Waals surface area contributed by atoms with E-state index >= 15 is 0 Å². The van der Waals surface area contributed by atoms with Gasteiger partial charge in [-0.05, 0) is 23.8 Å². The first-order chi connectivity index (χ1) is 11.1. The summed E-state index contributed by atoms with van der Waals surface area (Å²) in [7, 11) is 0. The van der Waals surface area contributed by atoms with Gasteiger partial charge in [-0.25, -0.2) is 13.8 Å². The van der Waals surface area contributed by atoms with Gasteiger partial charge in [-0.15, -0.1) is 0 Å². The highest BCUT2D eigenvalue weighted by Crippen LogP contribution is 2.29. The van der Waals surface area contributed by atoms with Crippen LogP contribution in [0.4, 0.5) is 14.6 Å². The standard InChI is InChI=1S/C16H13F2N5/c17-14(18)9-22-6-4-11-7-10(1-2-13(11)22)12-8-20-15-3-5-21-23(15)16(12)19/h1-8,14H,9,19H2. The maximum atomic E-state index is 12.6. The van der Waals surface area contributed by atoms with Crippen molar-refractivity contribution in [2.45, 2.75) is 13.0 Å². The molecule has 0 spiro atoms. The van der Waals surface area contributed by atoms with Gasteiger partial charge in [-0.3, -0.25) is 0 Å². The number of nitrogen functional groups attached to an aromatic ring is 1. The Morgan fingerprint density at radius 1 is 1.17 bits per heavy atom. The molecule has 4 aromatic rings. The van der Waals surface area contributed by atoms with Crippen LogP contribution in [0.1, 0.15) is 0 Å². The predicted octanol–water partition coefficient (Wildman–Crippen LogP) is 3.20. The zero-order valence-corrected chi connectivity index (χ0v) is 12.0. The van der Waals surface area contributed by atoms with E-state index in [0.717, 1.165) is 22.0 Å².